The summed E-state index contributed by atoms with van der Waals surface area (Å²) >= 11 is 0. The van der Waals surface area contributed by atoms with E-state index in [1.807, 2.05) is 13.8 Å². The molecule has 2 rings (SSSR count). The highest BCUT2D eigenvalue weighted by molar-refractivity contribution is 7.90. The van der Waals surface area contributed by atoms with Crippen LogP contribution in [0.5, 0.6) is 5.75 Å². The number of benzene rings is 1. The molecule has 1 atom stereocenters. The number of ether oxygens (including phenoxy) is 1. The zero-order valence-electron chi connectivity index (χ0n) is 13.6. The lowest BCUT2D eigenvalue weighted by Gasteiger charge is -2.20. The lowest BCUT2D eigenvalue weighted by Crippen LogP contribution is -2.31. The highest BCUT2D eigenvalue weighted by Gasteiger charge is 2.22. The fraction of sp³-hybridized carbons (Fsp3) is 0.375. The van der Waals surface area contributed by atoms with Gasteiger partial charge in [0.05, 0.1) is 17.7 Å². The Kier molecular flexibility index (Phi) is 4.89. The number of hydrazone groups is 1. The fourth-order valence-corrected chi connectivity index (χ4v) is 3.47. The summed E-state index contributed by atoms with van der Waals surface area (Å²) < 4.78 is 29.3. The Morgan fingerprint density at radius 2 is 2.13 bits per heavy atom. The van der Waals surface area contributed by atoms with Gasteiger partial charge in [-0.2, -0.15) is 5.10 Å². The molecule has 1 aliphatic rings. The molecule has 0 saturated heterocycles. The van der Waals surface area contributed by atoms with Gasteiger partial charge in [0.2, 0.25) is 5.91 Å². The van der Waals surface area contributed by atoms with Crippen LogP contribution in [0.15, 0.2) is 33.8 Å². The van der Waals surface area contributed by atoms with Gasteiger partial charge in [-0.25, -0.2) is 13.8 Å². The van der Waals surface area contributed by atoms with E-state index in [4.69, 9.17) is 4.74 Å². The maximum Gasteiger partial charge on any atom is 0.240 e. The molecule has 0 saturated carbocycles. The molecular formula is C16H20N2O4S. The molecule has 0 spiro atoms. The monoisotopic (exact) mass is 336 g/mol. The molecule has 1 heterocycles. The first-order valence-electron chi connectivity index (χ1n) is 7.16. The van der Waals surface area contributed by atoms with Crippen LogP contribution in [0, 0.1) is 5.92 Å². The lowest BCUT2D eigenvalue weighted by atomic mass is 9.93. The summed E-state index contributed by atoms with van der Waals surface area (Å²) in [7, 11) is -1.90. The average Bonchev–Trinajstić information content (AvgIpc) is 2.46. The molecule has 1 aromatic carbocycles. The number of hydrogen-bond donors (Lipinski definition) is 1. The zero-order chi connectivity index (χ0) is 17.2. The summed E-state index contributed by atoms with van der Waals surface area (Å²) in [4.78, 5) is 11.5. The Labute approximate surface area is 136 Å². The van der Waals surface area contributed by atoms with Crippen LogP contribution >= 0.6 is 0 Å². The number of carbonyl (C=O) groups excluding carboxylic acids is 1. The first-order valence-corrected chi connectivity index (χ1v) is 9.05. The number of hydrogen-bond acceptors (Lipinski definition) is 5. The molecule has 0 bridgehead atoms. The first kappa shape index (κ1) is 17.2. The predicted molar refractivity (Wildman–Crippen MR) is 89.1 cm³/mol. The Balaban J connectivity index is 2.56. The zero-order valence-corrected chi connectivity index (χ0v) is 14.4. The van der Waals surface area contributed by atoms with E-state index < -0.39 is 9.84 Å². The first-order chi connectivity index (χ1) is 10.7. The minimum atomic E-state index is -3.40. The van der Waals surface area contributed by atoms with Gasteiger partial charge in [-0.15, -0.1) is 0 Å². The smallest absolute Gasteiger partial charge is 0.240 e. The second-order valence-corrected chi connectivity index (χ2v) is 7.59. The van der Waals surface area contributed by atoms with Crippen LogP contribution in [0.3, 0.4) is 0 Å². The van der Waals surface area contributed by atoms with Crippen molar-refractivity contribution in [2.24, 2.45) is 11.0 Å². The molecule has 1 N–H and O–H groups in total. The third kappa shape index (κ3) is 3.79. The van der Waals surface area contributed by atoms with Crippen molar-refractivity contribution in [3.63, 3.8) is 0 Å². The van der Waals surface area contributed by atoms with E-state index in [9.17, 15) is 13.2 Å². The van der Waals surface area contributed by atoms with Gasteiger partial charge in [0.25, 0.3) is 0 Å². The van der Waals surface area contributed by atoms with Crippen LogP contribution in [0.25, 0.3) is 6.08 Å². The molecule has 23 heavy (non-hydrogen) atoms. The number of allylic oxidation sites excluding steroid dienone is 1. The van der Waals surface area contributed by atoms with Crippen molar-refractivity contribution in [3.8, 4) is 5.75 Å². The molecule has 0 aromatic heterocycles. The van der Waals surface area contributed by atoms with E-state index in [2.05, 4.69) is 10.5 Å². The van der Waals surface area contributed by atoms with Gasteiger partial charge in [0, 0.05) is 24.2 Å². The summed E-state index contributed by atoms with van der Waals surface area (Å²) in [6.07, 6.45) is 3.26. The number of nitrogens with one attached hydrogen (secondary N) is 1. The van der Waals surface area contributed by atoms with Crippen molar-refractivity contribution < 1.29 is 17.9 Å². The number of sulfone groups is 1. The van der Waals surface area contributed by atoms with Crippen molar-refractivity contribution in [1.29, 1.82) is 0 Å². The number of carbonyl (C=O) groups is 1. The molecule has 7 heteroatoms. The standard InChI is InChI=1S/C16H20N2O4S/c1-10(16-11(2)9-15(19)17-18-16)8-12-13(22-3)6-5-7-14(12)23(4,20)21/h5-8,11H,9H2,1-4H3,(H,17,19). The van der Waals surface area contributed by atoms with Crippen LogP contribution in [-0.2, 0) is 14.6 Å². The van der Waals surface area contributed by atoms with Crippen molar-refractivity contribution in [2.75, 3.05) is 13.4 Å². The molecule has 0 aliphatic carbocycles. The van der Waals surface area contributed by atoms with Crippen molar-refractivity contribution in [1.82, 2.24) is 5.43 Å². The molecule has 1 aromatic rings. The van der Waals surface area contributed by atoms with Gasteiger partial charge in [-0.1, -0.05) is 13.0 Å². The third-order valence-electron chi connectivity index (χ3n) is 3.67. The summed E-state index contributed by atoms with van der Waals surface area (Å²) in [5.41, 5.74) is 4.46. The SMILES string of the molecule is COc1cccc(S(C)(=O)=O)c1C=C(C)C1=NNC(=O)CC1C. The minimum Gasteiger partial charge on any atom is -0.496 e. The van der Waals surface area contributed by atoms with E-state index in [1.165, 1.54) is 7.11 Å². The molecule has 1 aliphatic heterocycles. The highest BCUT2D eigenvalue weighted by Crippen LogP contribution is 2.29. The maximum atomic E-state index is 12.0. The van der Waals surface area contributed by atoms with Gasteiger partial charge in [-0.3, -0.25) is 4.79 Å². The van der Waals surface area contributed by atoms with Gasteiger partial charge in [-0.05, 0) is 30.7 Å². The molecule has 1 unspecified atom stereocenters. The van der Waals surface area contributed by atoms with Crippen LogP contribution in [0.4, 0.5) is 0 Å². The van der Waals surface area contributed by atoms with Crippen LogP contribution in [0.1, 0.15) is 25.8 Å². The van der Waals surface area contributed by atoms with Crippen molar-refractivity contribution in [2.45, 2.75) is 25.2 Å². The second kappa shape index (κ2) is 6.54. The fourth-order valence-electron chi connectivity index (χ4n) is 2.59. The number of rotatable bonds is 4. The van der Waals surface area contributed by atoms with Crippen molar-refractivity contribution >= 4 is 27.5 Å². The van der Waals surface area contributed by atoms with Crippen LogP contribution < -0.4 is 10.2 Å². The van der Waals surface area contributed by atoms with Gasteiger partial charge in [0.1, 0.15) is 5.75 Å². The van der Waals surface area contributed by atoms with E-state index in [0.717, 1.165) is 17.5 Å². The minimum absolute atomic E-state index is 0.0311. The average molecular weight is 336 g/mol. The summed E-state index contributed by atoms with van der Waals surface area (Å²) in [6.45, 7) is 3.75. The third-order valence-corrected chi connectivity index (χ3v) is 4.82. The molecule has 6 nitrogen and oxygen atoms in total. The predicted octanol–water partition coefficient (Wildman–Crippen LogP) is 2.01. The summed E-state index contributed by atoms with van der Waals surface area (Å²) in [6, 6.07) is 4.90. The lowest BCUT2D eigenvalue weighted by molar-refractivity contribution is -0.121. The Morgan fingerprint density at radius 3 is 2.70 bits per heavy atom. The number of methoxy groups -OCH3 is 1. The summed E-state index contributed by atoms with van der Waals surface area (Å²) in [5, 5.41) is 4.09. The highest BCUT2D eigenvalue weighted by atomic mass is 32.2. The molecule has 0 fully saturated rings. The van der Waals surface area contributed by atoms with E-state index in [0.29, 0.717) is 17.7 Å². The van der Waals surface area contributed by atoms with E-state index in [-0.39, 0.29) is 16.7 Å². The van der Waals surface area contributed by atoms with E-state index in [1.54, 1.807) is 24.3 Å². The topological polar surface area (TPSA) is 84.8 Å². The van der Waals surface area contributed by atoms with Crippen molar-refractivity contribution in [3.05, 3.63) is 29.3 Å². The number of amides is 1. The Morgan fingerprint density at radius 1 is 1.43 bits per heavy atom. The van der Waals surface area contributed by atoms with E-state index >= 15 is 0 Å². The maximum absolute atomic E-state index is 12.0. The second-order valence-electron chi connectivity index (χ2n) is 5.61. The molecule has 1 amide bonds. The van der Waals surface area contributed by atoms with Gasteiger partial charge < -0.3 is 4.74 Å². The quantitative estimate of drug-likeness (QED) is 0.911. The van der Waals surface area contributed by atoms with Gasteiger partial charge in [0.15, 0.2) is 9.84 Å². The van der Waals surface area contributed by atoms with Crippen LogP contribution in [0.2, 0.25) is 0 Å². The normalized spacial score (nSPS) is 19.1. The van der Waals surface area contributed by atoms with Crippen LogP contribution in [-0.4, -0.2) is 33.4 Å². The largest absolute Gasteiger partial charge is 0.496 e. The summed E-state index contributed by atoms with van der Waals surface area (Å²) in [5.74, 6) is 0.319. The molecule has 124 valence electrons. The Hall–Kier alpha value is -2.15. The Bertz CT molecular complexity index is 794. The number of nitrogens with zero attached hydrogens (tertiary/aromatic N) is 1. The molecule has 0 radical (unpaired) electrons. The molecular weight excluding hydrogens is 316 g/mol. The van der Waals surface area contributed by atoms with Gasteiger partial charge >= 0.3 is 0 Å².